The number of aromatic nitrogens is 4. The van der Waals surface area contributed by atoms with E-state index in [1.54, 1.807) is 12.1 Å². The summed E-state index contributed by atoms with van der Waals surface area (Å²) in [6.07, 6.45) is 3.19. The molecule has 3 aromatic rings. The summed E-state index contributed by atoms with van der Waals surface area (Å²) in [5.74, 6) is -0.160. The van der Waals surface area contributed by atoms with Gasteiger partial charge in [-0.3, -0.25) is 4.79 Å². The van der Waals surface area contributed by atoms with Crippen molar-refractivity contribution < 1.29 is 18.0 Å². The first-order valence-electron chi connectivity index (χ1n) is 10.1. The van der Waals surface area contributed by atoms with Crippen LogP contribution in [0.2, 0.25) is 0 Å². The van der Waals surface area contributed by atoms with Gasteiger partial charge in [0.1, 0.15) is 11.5 Å². The predicted molar refractivity (Wildman–Crippen MR) is 104 cm³/mol. The third-order valence-corrected chi connectivity index (χ3v) is 6.52. The monoisotopic (exact) mass is 426 g/mol. The molecular formula is C21H17F3N6O. The number of anilines is 1. The van der Waals surface area contributed by atoms with Crippen molar-refractivity contribution in [3.63, 3.8) is 0 Å². The molecular weight excluding hydrogens is 409 g/mol. The molecule has 3 fully saturated rings. The lowest BCUT2D eigenvalue weighted by molar-refractivity contribution is 0.0711. The van der Waals surface area contributed by atoms with Crippen LogP contribution in [0.15, 0.2) is 48.9 Å². The van der Waals surface area contributed by atoms with Gasteiger partial charge in [0.25, 0.3) is 12.3 Å². The van der Waals surface area contributed by atoms with Crippen LogP contribution in [0.1, 0.15) is 35.2 Å². The Morgan fingerprint density at radius 1 is 1.03 bits per heavy atom. The third kappa shape index (κ3) is 2.60. The third-order valence-electron chi connectivity index (χ3n) is 6.52. The summed E-state index contributed by atoms with van der Waals surface area (Å²) in [6, 6.07) is 7.54. The Balaban J connectivity index is 1.28. The van der Waals surface area contributed by atoms with Crippen LogP contribution in [0.5, 0.6) is 0 Å². The highest BCUT2D eigenvalue weighted by Crippen LogP contribution is 2.54. The van der Waals surface area contributed by atoms with Gasteiger partial charge in [0.2, 0.25) is 0 Å². The molecule has 10 heteroatoms. The number of nitrogens with zero attached hydrogens (tertiary/aromatic N) is 6. The van der Waals surface area contributed by atoms with Crippen molar-refractivity contribution >= 4 is 11.7 Å². The van der Waals surface area contributed by atoms with E-state index in [1.165, 1.54) is 36.8 Å². The quantitative estimate of drug-likeness (QED) is 0.600. The van der Waals surface area contributed by atoms with Crippen LogP contribution >= 0.6 is 0 Å². The van der Waals surface area contributed by atoms with Gasteiger partial charge in [0.05, 0.1) is 42.1 Å². The lowest BCUT2D eigenvalue weighted by Crippen LogP contribution is -2.43. The summed E-state index contributed by atoms with van der Waals surface area (Å²) in [5, 5.41) is 7.98. The lowest BCUT2D eigenvalue weighted by Gasteiger charge is -2.28. The van der Waals surface area contributed by atoms with Gasteiger partial charge in [-0.25, -0.2) is 18.2 Å². The molecule has 4 unspecified atom stereocenters. The first kappa shape index (κ1) is 18.3. The van der Waals surface area contributed by atoms with E-state index in [9.17, 15) is 18.0 Å². The number of para-hydroxylation sites is 1. The molecule has 31 heavy (non-hydrogen) atoms. The second-order valence-corrected chi connectivity index (χ2v) is 8.02. The molecule has 3 aliphatic heterocycles. The minimum atomic E-state index is -2.55. The van der Waals surface area contributed by atoms with Gasteiger partial charge in [-0.15, -0.1) is 4.80 Å². The van der Waals surface area contributed by atoms with Gasteiger partial charge in [-0.2, -0.15) is 10.2 Å². The van der Waals surface area contributed by atoms with Gasteiger partial charge in [0, 0.05) is 11.8 Å². The van der Waals surface area contributed by atoms with E-state index in [1.807, 2.05) is 4.90 Å². The lowest BCUT2D eigenvalue weighted by atomic mass is 10.0. The van der Waals surface area contributed by atoms with Gasteiger partial charge < -0.3 is 9.80 Å². The van der Waals surface area contributed by atoms with Crippen LogP contribution in [0.4, 0.5) is 19.0 Å². The van der Waals surface area contributed by atoms with Gasteiger partial charge >= 0.3 is 0 Å². The maximum absolute atomic E-state index is 14.6. The van der Waals surface area contributed by atoms with Crippen molar-refractivity contribution in [2.24, 2.45) is 0 Å². The molecule has 0 aliphatic carbocycles. The van der Waals surface area contributed by atoms with Crippen LogP contribution in [0.3, 0.4) is 0 Å². The zero-order valence-corrected chi connectivity index (χ0v) is 16.1. The number of benzene rings is 1. The summed E-state index contributed by atoms with van der Waals surface area (Å²) in [7, 11) is 0. The summed E-state index contributed by atoms with van der Waals surface area (Å²) >= 11 is 0. The molecule has 2 aromatic heterocycles. The van der Waals surface area contributed by atoms with Crippen molar-refractivity contribution in [2.45, 2.75) is 43.4 Å². The summed E-state index contributed by atoms with van der Waals surface area (Å²) in [4.78, 5) is 22.8. The molecule has 4 atom stereocenters. The number of amides is 1. The average molecular weight is 426 g/mol. The number of hydrogen-bond acceptors (Lipinski definition) is 5. The number of piperazine rings is 1. The van der Waals surface area contributed by atoms with Crippen LogP contribution < -0.4 is 4.90 Å². The van der Waals surface area contributed by atoms with E-state index >= 15 is 0 Å². The van der Waals surface area contributed by atoms with E-state index in [0.29, 0.717) is 5.82 Å². The number of fused-ring (bicyclic) bond motifs is 5. The number of hydrogen-bond donors (Lipinski definition) is 0. The molecule has 7 nitrogen and oxygen atoms in total. The van der Waals surface area contributed by atoms with Crippen LogP contribution in [-0.4, -0.2) is 55.0 Å². The van der Waals surface area contributed by atoms with E-state index < -0.39 is 12.2 Å². The van der Waals surface area contributed by atoms with Crippen LogP contribution in [-0.2, 0) is 0 Å². The zero-order chi connectivity index (χ0) is 21.3. The highest BCUT2D eigenvalue weighted by Gasteiger charge is 2.69. The second kappa shape index (κ2) is 6.53. The SMILES string of the molecule is O=C(c1cccc(F)c1-n1nccn1)N1C2CCC1C1C2N1c1ccc(C(F)F)cn1. The summed E-state index contributed by atoms with van der Waals surface area (Å²) < 4.78 is 40.2. The van der Waals surface area contributed by atoms with E-state index in [4.69, 9.17) is 0 Å². The highest BCUT2D eigenvalue weighted by molar-refractivity contribution is 5.99. The molecule has 0 radical (unpaired) electrons. The number of carbonyl (C=O) groups is 1. The van der Waals surface area contributed by atoms with Gasteiger partial charge in [0.15, 0.2) is 5.82 Å². The van der Waals surface area contributed by atoms with E-state index in [0.717, 1.165) is 17.6 Å². The molecule has 0 saturated carbocycles. The maximum atomic E-state index is 14.6. The fourth-order valence-corrected chi connectivity index (χ4v) is 5.28. The second-order valence-electron chi connectivity index (χ2n) is 8.02. The topological polar surface area (TPSA) is 66.9 Å². The Morgan fingerprint density at radius 2 is 1.74 bits per heavy atom. The van der Waals surface area contributed by atoms with Crippen molar-refractivity contribution in [2.75, 3.05) is 4.90 Å². The maximum Gasteiger partial charge on any atom is 0.265 e. The Hall–Kier alpha value is -3.43. The Kier molecular flexibility index (Phi) is 3.87. The Bertz CT molecular complexity index is 1130. The normalized spacial score (nSPS) is 25.9. The molecule has 1 aromatic carbocycles. The largest absolute Gasteiger partial charge is 0.342 e. The Morgan fingerprint density at radius 3 is 2.35 bits per heavy atom. The molecule has 1 amide bonds. The first-order valence-corrected chi connectivity index (χ1v) is 10.1. The smallest absolute Gasteiger partial charge is 0.265 e. The van der Waals surface area contributed by atoms with Crippen LogP contribution in [0, 0.1) is 5.82 Å². The summed E-state index contributed by atoms with van der Waals surface area (Å²) in [5.41, 5.74) is 0.153. The fourth-order valence-electron chi connectivity index (χ4n) is 5.28. The Labute approximate surface area is 175 Å². The zero-order valence-electron chi connectivity index (χ0n) is 16.1. The van der Waals surface area contributed by atoms with Gasteiger partial charge in [-0.05, 0) is 37.1 Å². The molecule has 0 spiro atoms. The van der Waals surface area contributed by atoms with Crippen LogP contribution in [0.25, 0.3) is 5.69 Å². The minimum absolute atomic E-state index is 0.0271. The van der Waals surface area contributed by atoms with E-state index in [-0.39, 0.29) is 46.9 Å². The van der Waals surface area contributed by atoms with Crippen molar-refractivity contribution in [1.82, 2.24) is 24.9 Å². The molecule has 2 bridgehead atoms. The highest BCUT2D eigenvalue weighted by atomic mass is 19.3. The number of pyridine rings is 1. The van der Waals surface area contributed by atoms with E-state index in [2.05, 4.69) is 20.1 Å². The number of halogens is 3. The van der Waals surface area contributed by atoms with Crippen molar-refractivity contribution in [3.8, 4) is 5.69 Å². The standard InChI is InChI=1S/C21H17F3N6O/c22-13-3-1-2-12(17(13)30-26-8-9-27-30)21(31)28-14-5-6-15(28)19-18(14)29(19)16-7-4-11(10-25-16)20(23)24/h1-4,7-10,14-15,18-20H,5-6H2. The fraction of sp³-hybridized carbons (Fsp3) is 0.333. The molecule has 5 heterocycles. The number of carbonyl (C=O) groups excluding carboxylic acids is 1. The average Bonchev–Trinajstić information content (AvgIpc) is 3.11. The number of alkyl halides is 2. The molecule has 3 saturated heterocycles. The van der Waals surface area contributed by atoms with Crippen molar-refractivity contribution in [1.29, 1.82) is 0 Å². The first-order chi connectivity index (χ1) is 15.1. The minimum Gasteiger partial charge on any atom is -0.342 e. The molecule has 6 rings (SSSR count). The molecule has 158 valence electrons. The predicted octanol–water partition coefficient (Wildman–Crippen LogP) is 2.98. The summed E-state index contributed by atoms with van der Waals surface area (Å²) in [6.45, 7) is 0. The molecule has 0 N–H and O–H groups in total. The number of rotatable bonds is 4. The molecule has 3 aliphatic rings. The van der Waals surface area contributed by atoms with Crippen molar-refractivity contribution in [3.05, 3.63) is 65.9 Å². The van der Waals surface area contributed by atoms with Gasteiger partial charge in [-0.1, -0.05) is 6.07 Å².